The first-order valence-corrected chi connectivity index (χ1v) is 14.0. The number of aryl methyl sites for hydroxylation is 1. The molecular weight excluding hydrogens is 492 g/mol. The van der Waals surface area contributed by atoms with E-state index in [4.69, 9.17) is 30.1 Å². The number of aromatic nitrogens is 1. The molecule has 12 heteroatoms. The fraction of sp³-hybridized carbons (Fsp3) is 0.381. The van der Waals surface area contributed by atoms with Gasteiger partial charge in [-0.2, -0.15) is 0 Å². The minimum atomic E-state index is -4.89. The standard InChI is InChI=1S/C21H26ClNO8P2/c1-13(2)28-15(4)29-17-9-14(3)19(18(22)10-17)20-30-32(5,25)21(24,33(26,27)31-20)11-16-7-6-8-23-12-16/h6-10,12-13,20,24H,4,11H2,1-3,5H3,(H,26,27). The van der Waals surface area contributed by atoms with Crippen molar-refractivity contribution < 1.29 is 37.7 Å². The minimum absolute atomic E-state index is 0.0665. The molecule has 0 spiro atoms. The van der Waals surface area contributed by atoms with Crippen molar-refractivity contribution in [1.29, 1.82) is 0 Å². The summed E-state index contributed by atoms with van der Waals surface area (Å²) in [5, 5.41) is 8.48. The lowest BCUT2D eigenvalue weighted by Crippen LogP contribution is -2.37. The van der Waals surface area contributed by atoms with E-state index in [0.29, 0.717) is 16.9 Å². The molecule has 2 N–H and O–H groups in total. The molecule has 1 aliphatic heterocycles. The fourth-order valence-electron chi connectivity index (χ4n) is 3.36. The first-order valence-electron chi connectivity index (χ1n) is 9.98. The van der Waals surface area contributed by atoms with Crippen molar-refractivity contribution in [2.45, 2.75) is 44.7 Å². The highest BCUT2D eigenvalue weighted by molar-refractivity contribution is 7.76. The van der Waals surface area contributed by atoms with Crippen molar-refractivity contribution in [2.24, 2.45) is 0 Å². The Morgan fingerprint density at radius 2 is 2.06 bits per heavy atom. The second-order valence-corrected chi connectivity index (χ2v) is 13.4. The molecule has 9 nitrogen and oxygen atoms in total. The minimum Gasteiger partial charge on any atom is -0.463 e. The van der Waals surface area contributed by atoms with Crippen LogP contribution in [0.2, 0.25) is 5.02 Å². The first kappa shape index (κ1) is 25.9. The largest absolute Gasteiger partial charge is 0.463 e. The number of rotatable bonds is 7. The van der Waals surface area contributed by atoms with E-state index in [1.54, 1.807) is 25.1 Å². The van der Waals surface area contributed by atoms with Crippen LogP contribution < -0.4 is 4.74 Å². The number of aliphatic hydroxyl groups is 1. The summed E-state index contributed by atoms with van der Waals surface area (Å²) in [5.41, 5.74) is 1.04. The van der Waals surface area contributed by atoms with Crippen LogP contribution in [-0.4, -0.2) is 32.8 Å². The third-order valence-electron chi connectivity index (χ3n) is 4.95. The Hall–Kier alpha value is -1.70. The summed E-state index contributed by atoms with van der Waals surface area (Å²) in [4.78, 5) is 14.6. The molecule has 4 atom stereocenters. The maximum atomic E-state index is 13.4. The molecule has 0 aliphatic carbocycles. The average molecular weight is 518 g/mol. The van der Waals surface area contributed by atoms with Crippen LogP contribution in [0.3, 0.4) is 0 Å². The van der Waals surface area contributed by atoms with E-state index in [9.17, 15) is 19.1 Å². The van der Waals surface area contributed by atoms with Gasteiger partial charge in [0.25, 0.3) is 5.95 Å². The van der Waals surface area contributed by atoms with Gasteiger partial charge >= 0.3 is 7.60 Å². The van der Waals surface area contributed by atoms with Crippen molar-refractivity contribution in [3.05, 3.63) is 70.9 Å². The van der Waals surface area contributed by atoms with Crippen LogP contribution in [0.25, 0.3) is 0 Å². The Labute approximate surface area is 197 Å². The SMILES string of the molecule is C=C(Oc1cc(C)c(C2OP(C)(=O)C(O)(Cc3cccnc3)P(=O)(O)O2)c(Cl)c1)OC(C)C. The van der Waals surface area contributed by atoms with Gasteiger partial charge in [0.15, 0.2) is 0 Å². The van der Waals surface area contributed by atoms with Gasteiger partial charge in [-0.25, -0.2) is 0 Å². The molecule has 1 saturated heterocycles. The molecule has 0 radical (unpaired) electrons. The second-order valence-electron chi connectivity index (χ2n) is 8.00. The maximum absolute atomic E-state index is 13.4. The lowest BCUT2D eigenvalue weighted by molar-refractivity contribution is -0.0442. The number of hydrogen-bond donors (Lipinski definition) is 2. The van der Waals surface area contributed by atoms with Crippen LogP contribution in [-0.2, 0) is 29.3 Å². The zero-order chi connectivity index (χ0) is 24.6. The summed E-state index contributed by atoms with van der Waals surface area (Å²) in [6, 6.07) is 6.16. The van der Waals surface area contributed by atoms with Crippen LogP contribution >= 0.6 is 26.6 Å². The maximum Gasteiger partial charge on any atom is 0.372 e. The number of ether oxygens (including phenoxy) is 2. The van der Waals surface area contributed by atoms with Crippen molar-refractivity contribution in [3.8, 4) is 5.75 Å². The molecule has 1 aromatic carbocycles. The average Bonchev–Trinajstić information content (AvgIpc) is 2.65. The zero-order valence-electron chi connectivity index (χ0n) is 18.6. The smallest absolute Gasteiger partial charge is 0.372 e. The van der Waals surface area contributed by atoms with E-state index in [1.165, 1.54) is 18.5 Å². The molecule has 4 unspecified atom stereocenters. The van der Waals surface area contributed by atoms with E-state index < -0.39 is 32.8 Å². The van der Waals surface area contributed by atoms with Gasteiger partial charge in [0.2, 0.25) is 18.7 Å². The third kappa shape index (κ3) is 5.36. The van der Waals surface area contributed by atoms with Gasteiger partial charge in [-0.15, -0.1) is 0 Å². The third-order valence-corrected chi connectivity index (χ3v) is 10.7. The summed E-state index contributed by atoms with van der Waals surface area (Å²) >= 11 is 6.40. The highest BCUT2D eigenvalue weighted by Crippen LogP contribution is 2.79. The molecule has 1 aromatic heterocycles. The van der Waals surface area contributed by atoms with Gasteiger partial charge in [0.05, 0.1) is 11.1 Å². The second kappa shape index (κ2) is 9.51. The monoisotopic (exact) mass is 517 g/mol. The molecule has 180 valence electrons. The summed E-state index contributed by atoms with van der Waals surface area (Å²) < 4.78 is 48.3. The number of pyridine rings is 1. The van der Waals surface area contributed by atoms with E-state index in [0.717, 1.165) is 6.66 Å². The Bertz CT molecular complexity index is 1090. The molecular formula is C21H26ClNO8P2. The van der Waals surface area contributed by atoms with Crippen LogP contribution in [0, 0.1) is 6.92 Å². The van der Waals surface area contributed by atoms with Gasteiger partial charge < -0.3 is 19.5 Å². The first-order chi connectivity index (χ1) is 15.3. The molecule has 2 aromatic rings. The lowest BCUT2D eigenvalue weighted by Gasteiger charge is -2.43. The van der Waals surface area contributed by atoms with E-state index in [1.807, 2.05) is 13.8 Å². The number of benzene rings is 1. The zero-order valence-corrected chi connectivity index (χ0v) is 21.1. The highest BCUT2D eigenvalue weighted by Gasteiger charge is 2.65. The Kier molecular flexibility index (Phi) is 7.47. The molecule has 0 amide bonds. The van der Waals surface area contributed by atoms with Crippen LogP contribution in [0.1, 0.15) is 36.8 Å². The predicted octanol–water partition coefficient (Wildman–Crippen LogP) is 5.35. The van der Waals surface area contributed by atoms with Gasteiger partial charge in [-0.3, -0.25) is 23.2 Å². The molecule has 1 aliphatic rings. The Morgan fingerprint density at radius 1 is 1.36 bits per heavy atom. The number of hydrogen-bond acceptors (Lipinski definition) is 8. The Balaban J connectivity index is 1.91. The van der Waals surface area contributed by atoms with Gasteiger partial charge in [-0.05, 0) is 50.6 Å². The summed E-state index contributed by atoms with van der Waals surface area (Å²) in [7, 11) is -9.03. The van der Waals surface area contributed by atoms with Crippen molar-refractivity contribution in [1.82, 2.24) is 4.98 Å². The van der Waals surface area contributed by atoms with Gasteiger partial charge in [-0.1, -0.05) is 17.7 Å². The number of halogens is 1. The molecule has 0 bridgehead atoms. The van der Waals surface area contributed by atoms with E-state index >= 15 is 0 Å². The van der Waals surface area contributed by atoms with Gasteiger partial charge in [0.1, 0.15) is 5.75 Å². The highest BCUT2D eigenvalue weighted by atomic mass is 35.5. The van der Waals surface area contributed by atoms with E-state index in [2.05, 4.69) is 11.6 Å². The van der Waals surface area contributed by atoms with Crippen LogP contribution in [0.15, 0.2) is 49.2 Å². The van der Waals surface area contributed by atoms with E-state index in [-0.39, 0.29) is 22.6 Å². The van der Waals surface area contributed by atoms with Crippen molar-refractivity contribution >= 4 is 26.6 Å². The lowest BCUT2D eigenvalue weighted by atomic mass is 10.1. The normalized spacial score (nSPS) is 29.6. The molecule has 0 saturated carbocycles. The summed E-state index contributed by atoms with van der Waals surface area (Å²) in [5.74, 6) is 0.374. The van der Waals surface area contributed by atoms with Crippen LogP contribution in [0.4, 0.5) is 0 Å². The predicted molar refractivity (Wildman–Crippen MR) is 123 cm³/mol. The molecule has 1 fully saturated rings. The summed E-state index contributed by atoms with van der Waals surface area (Å²) in [6.45, 7) is 10.0. The molecule has 2 heterocycles. The fourth-order valence-corrected chi connectivity index (χ4v) is 8.00. The quantitative estimate of drug-likeness (QED) is 0.369. The molecule has 3 rings (SSSR count). The van der Waals surface area contributed by atoms with Crippen molar-refractivity contribution in [2.75, 3.05) is 6.66 Å². The molecule has 33 heavy (non-hydrogen) atoms. The summed E-state index contributed by atoms with van der Waals surface area (Å²) in [6.07, 6.45) is 0.750. The topological polar surface area (TPSA) is 124 Å². The Morgan fingerprint density at radius 3 is 2.61 bits per heavy atom. The van der Waals surface area contributed by atoms with Crippen LogP contribution in [0.5, 0.6) is 5.75 Å². The van der Waals surface area contributed by atoms with Crippen molar-refractivity contribution in [3.63, 3.8) is 0 Å². The number of nitrogens with zero attached hydrogens (tertiary/aromatic N) is 1. The van der Waals surface area contributed by atoms with Gasteiger partial charge in [0, 0.05) is 37.1 Å².